The Morgan fingerprint density at radius 3 is 2.88 bits per heavy atom. The highest BCUT2D eigenvalue weighted by atomic mass is 19.1. The summed E-state index contributed by atoms with van der Waals surface area (Å²) in [7, 11) is 0. The Labute approximate surface area is 234 Å². The second-order valence-electron chi connectivity index (χ2n) is 11.5. The molecule has 8 rings (SSSR count). The topological polar surface area (TPSA) is 75.6 Å². The molecule has 4 aliphatic heterocycles. The van der Waals surface area contributed by atoms with Crippen molar-refractivity contribution in [3.05, 3.63) is 48.0 Å². The van der Waals surface area contributed by atoms with Gasteiger partial charge in [-0.15, -0.1) is 0 Å². The normalized spacial score (nSPS) is 25.7. The highest BCUT2D eigenvalue weighted by Gasteiger charge is 2.49. The van der Waals surface area contributed by atoms with E-state index in [0.717, 1.165) is 25.9 Å². The van der Waals surface area contributed by atoms with E-state index in [1.807, 2.05) is 0 Å². The molecule has 8 nitrogen and oxygen atoms in total. The first-order valence-corrected chi connectivity index (χ1v) is 14.2. The second-order valence-corrected chi connectivity index (χ2v) is 11.5. The molecule has 3 saturated heterocycles. The van der Waals surface area contributed by atoms with E-state index in [2.05, 4.69) is 25.1 Å². The lowest BCUT2D eigenvalue weighted by Crippen LogP contribution is -2.53. The first-order valence-electron chi connectivity index (χ1n) is 14.2. The number of fused-ring (bicyclic) bond motifs is 4. The van der Waals surface area contributed by atoms with E-state index in [1.54, 1.807) is 30.3 Å². The summed E-state index contributed by atoms with van der Waals surface area (Å²) in [5, 5.41) is 4.68. The Morgan fingerprint density at radius 1 is 1.07 bits per heavy atom. The second kappa shape index (κ2) is 9.42. The third-order valence-corrected chi connectivity index (χ3v) is 9.10. The van der Waals surface area contributed by atoms with Gasteiger partial charge in [0.15, 0.2) is 5.82 Å². The van der Waals surface area contributed by atoms with Crippen molar-refractivity contribution in [1.82, 2.24) is 25.2 Å². The van der Waals surface area contributed by atoms with Crippen LogP contribution in [0.15, 0.2) is 36.4 Å². The van der Waals surface area contributed by atoms with Crippen molar-refractivity contribution in [1.29, 1.82) is 0 Å². The number of hydrogen-bond donors (Lipinski definition) is 1. The number of halogens is 3. The first kappa shape index (κ1) is 25.0. The van der Waals surface area contributed by atoms with Gasteiger partial charge in [0.25, 0.3) is 0 Å². The molecule has 0 saturated carbocycles. The number of rotatable bonds is 4. The van der Waals surface area contributed by atoms with Gasteiger partial charge in [-0.1, -0.05) is 30.3 Å². The predicted octanol–water partition coefficient (Wildman–Crippen LogP) is 4.25. The van der Waals surface area contributed by atoms with Gasteiger partial charge in [-0.3, -0.25) is 4.90 Å². The van der Waals surface area contributed by atoms with Gasteiger partial charge in [-0.25, -0.2) is 18.2 Å². The molecule has 6 heterocycles. The Kier molecular flexibility index (Phi) is 5.75. The first-order chi connectivity index (χ1) is 20.0. The van der Waals surface area contributed by atoms with Crippen LogP contribution in [-0.2, 0) is 0 Å². The van der Waals surface area contributed by atoms with Crippen LogP contribution in [-0.4, -0.2) is 83.5 Å². The van der Waals surface area contributed by atoms with Crippen molar-refractivity contribution in [2.75, 3.05) is 50.8 Å². The number of nitrogens with zero attached hydrogens (tertiary/aromatic N) is 5. The van der Waals surface area contributed by atoms with Crippen LogP contribution in [0.1, 0.15) is 19.3 Å². The highest BCUT2D eigenvalue weighted by Crippen LogP contribution is 2.43. The van der Waals surface area contributed by atoms with Gasteiger partial charge < -0.3 is 19.7 Å². The molecule has 0 aliphatic carbocycles. The van der Waals surface area contributed by atoms with Crippen LogP contribution in [0.3, 0.4) is 0 Å². The fourth-order valence-corrected chi connectivity index (χ4v) is 7.15. The van der Waals surface area contributed by atoms with Crippen LogP contribution >= 0.6 is 0 Å². The molecule has 4 aromatic rings. The van der Waals surface area contributed by atoms with Crippen molar-refractivity contribution >= 4 is 27.5 Å². The average molecular weight is 563 g/mol. The number of piperazine rings is 1. The molecule has 0 amide bonds. The Balaban J connectivity index is 1.29. The standard InChI is InChI=1S/C30H29F3N6O2/c31-17-12-30(8-3-10-38(30)14-17)16-41-29-36-26-23-27(37-29)39-11-9-34-13-18(39)15-40-28(23)35-25(24(26)33)21-6-1-5-20-19(21)4-2-7-22(20)32/h1-2,4-7,17-18,34H,3,8-16H2/t17-,18+,30+/m1/s1. The zero-order chi connectivity index (χ0) is 27.7. The van der Waals surface area contributed by atoms with Crippen LogP contribution in [0.2, 0.25) is 0 Å². The van der Waals surface area contributed by atoms with Crippen molar-refractivity contribution in [3.8, 4) is 23.1 Å². The van der Waals surface area contributed by atoms with Crippen LogP contribution in [0.4, 0.5) is 19.0 Å². The molecule has 2 aromatic carbocycles. The molecule has 3 fully saturated rings. The van der Waals surface area contributed by atoms with Gasteiger partial charge in [0.1, 0.15) is 47.6 Å². The molecule has 0 radical (unpaired) electrons. The van der Waals surface area contributed by atoms with Gasteiger partial charge in [0.2, 0.25) is 5.88 Å². The molecule has 2 aromatic heterocycles. The van der Waals surface area contributed by atoms with Crippen molar-refractivity contribution in [2.24, 2.45) is 0 Å². The van der Waals surface area contributed by atoms with Gasteiger partial charge in [0.05, 0.1) is 11.6 Å². The van der Waals surface area contributed by atoms with E-state index in [0.29, 0.717) is 60.2 Å². The van der Waals surface area contributed by atoms with Crippen molar-refractivity contribution in [3.63, 3.8) is 0 Å². The minimum Gasteiger partial charge on any atom is -0.475 e. The maximum absolute atomic E-state index is 16.6. The average Bonchev–Trinajstić information content (AvgIpc) is 3.46. The summed E-state index contributed by atoms with van der Waals surface area (Å²) in [6.45, 7) is 3.86. The van der Waals surface area contributed by atoms with E-state index >= 15 is 4.39 Å². The summed E-state index contributed by atoms with van der Waals surface area (Å²) in [6.07, 6.45) is 1.34. The molecule has 1 N–H and O–H groups in total. The minimum atomic E-state index is -0.890. The molecular formula is C30H29F3N6O2. The number of hydrogen-bond acceptors (Lipinski definition) is 8. The monoisotopic (exact) mass is 562 g/mol. The quantitative estimate of drug-likeness (QED) is 0.396. The molecule has 0 bridgehead atoms. The number of nitrogens with one attached hydrogen (secondary N) is 1. The molecule has 4 aliphatic rings. The largest absolute Gasteiger partial charge is 0.475 e. The summed E-state index contributed by atoms with van der Waals surface area (Å²) < 4.78 is 58.0. The Bertz CT molecular complexity index is 1690. The van der Waals surface area contributed by atoms with E-state index < -0.39 is 23.3 Å². The minimum absolute atomic E-state index is 0.0222. The number of aromatic nitrogens is 3. The fraction of sp³-hybridized carbons (Fsp3) is 0.433. The summed E-state index contributed by atoms with van der Waals surface area (Å²) in [5.74, 6) is -0.303. The zero-order valence-electron chi connectivity index (χ0n) is 22.4. The van der Waals surface area contributed by atoms with E-state index in [9.17, 15) is 8.78 Å². The van der Waals surface area contributed by atoms with E-state index in [-0.39, 0.29) is 35.7 Å². The van der Waals surface area contributed by atoms with E-state index in [1.165, 1.54) is 6.07 Å². The molecule has 0 unspecified atom stereocenters. The predicted molar refractivity (Wildman–Crippen MR) is 148 cm³/mol. The third kappa shape index (κ3) is 3.93. The number of alkyl halides is 1. The third-order valence-electron chi connectivity index (χ3n) is 9.10. The molecule has 41 heavy (non-hydrogen) atoms. The summed E-state index contributed by atoms with van der Waals surface area (Å²) in [5.41, 5.74) is 0.0992. The highest BCUT2D eigenvalue weighted by molar-refractivity contribution is 6.01. The van der Waals surface area contributed by atoms with Crippen LogP contribution < -0.4 is 19.7 Å². The van der Waals surface area contributed by atoms with E-state index in [4.69, 9.17) is 14.5 Å². The lowest BCUT2D eigenvalue weighted by molar-refractivity contribution is 0.107. The zero-order valence-corrected chi connectivity index (χ0v) is 22.4. The van der Waals surface area contributed by atoms with Crippen LogP contribution in [0.5, 0.6) is 11.9 Å². The smallest absolute Gasteiger partial charge is 0.319 e. The maximum atomic E-state index is 16.6. The summed E-state index contributed by atoms with van der Waals surface area (Å²) in [4.78, 5) is 18.3. The number of benzene rings is 2. The molecule has 3 atom stereocenters. The van der Waals surface area contributed by atoms with Gasteiger partial charge in [-0.05, 0) is 30.8 Å². The number of ether oxygens (including phenoxy) is 2. The van der Waals surface area contributed by atoms with Crippen molar-refractivity contribution < 1.29 is 22.6 Å². The summed E-state index contributed by atoms with van der Waals surface area (Å²) in [6, 6.07) is 9.78. The van der Waals surface area contributed by atoms with Gasteiger partial charge in [-0.2, -0.15) is 9.97 Å². The molecule has 212 valence electrons. The fourth-order valence-electron chi connectivity index (χ4n) is 7.15. The maximum Gasteiger partial charge on any atom is 0.319 e. The number of anilines is 1. The summed E-state index contributed by atoms with van der Waals surface area (Å²) >= 11 is 0. The molecule has 11 heteroatoms. The Morgan fingerprint density at radius 2 is 1.95 bits per heavy atom. The Hall–Kier alpha value is -3.70. The SMILES string of the molecule is Fc1cccc2c(-c3nc4c5c(nc(OC[C@@]67CCCN6C[C@H](F)C7)nc5c3F)N3CCNC[C@H]3CO4)cccc12. The molecule has 0 spiro atoms. The van der Waals surface area contributed by atoms with Gasteiger partial charge in [0, 0.05) is 43.5 Å². The van der Waals surface area contributed by atoms with Crippen LogP contribution in [0.25, 0.3) is 32.9 Å². The van der Waals surface area contributed by atoms with Gasteiger partial charge >= 0.3 is 6.01 Å². The number of pyridine rings is 1. The van der Waals surface area contributed by atoms with Crippen molar-refractivity contribution in [2.45, 2.75) is 37.0 Å². The lowest BCUT2D eigenvalue weighted by Gasteiger charge is -2.35. The lowest BCUT2D eigenvalue weighted by atomic mass is 9.95. The van der Waals surface area contributed by atoms with Crippen LogP contribution in [0, 0.1) is 11.6 Å². The molecular weight excluding hydrogens is 533 g/mol.